The number of fused-ring (bicyclic) bond motifs is 2. The van der Waals surface area contributed by atoms with Crippen LogP contribution in [0.5, 0.6) is 0 Å². The average Bonchev–Trinajstić information content (AvgIpc) is 3.29. The maximum atomic E-state index is 12.9. The number of nitrogens with zero attached hydrogens (tertiary/aromatic N) is 3. The van der Waals surface area contributed by atoms with Crippen molar-refractivity contribution in [3.8, 4) is 0 Å². The normalized spacial score (nSPS) is 17.4. The number of benzene rings is 2. The standard InChI is InChI=1S/C21H19N3O3S/c25-19(13-24-16-8-2-3-9-17(16)27-21(24)26)23-11-5-6-14(12-23)20-22-15-7-1-4-10-18(15)28-20/h1-4,7-10,14H,5-6,11-13H2. The quantitative estimate of drug-likeness (QED) is 0.533. The lowest BCUT2D eigenvalue weighted by Gasteiger charge is -2.31. The van der Waals surface area contributed by atoms with Gasteiger partial charge < -0.3 is 9.32 Å². The van der Waals surface area contributed by atoms with Crippen molar-refractivity contribution in [2.24, 2.45) is 0 Å². The molecule has 1 atom stereocenters. The lowest BCUT2D eigenvalue weighted by molar-refractivity contribution is -0.133. The summed E-state index contributed by atoms with van der Waals surface area (Å²) in [6.07, 6.45) is 1.96. The van der Waals surface area contributed by atoms with E-state index in [-0.39, 0.29) is 18.4 Å². The third-order valence-electron chi connectivity index (χ3n) is 5.30. The second-order valence-electron chi connectivity index (χ2n) is 7.12. The predicted octanol–water partition coefficient (Wildman–Crippen LogP) is 3.61. The van der Waals surface area contributed by atoms with Crippen LogP contribution < -0.4 is 5.76 Å². The molecule has 0 spiro atoms. The summed E-state index contributed by atoms with van der Waals surface area (Å²) >= 11 is 1.71. The highest BCUT2D eigenvalue weighted by Gasteiger charge is 2.27. The monoisotopic (exact) mass is 393 g/mol. The molecule has 5 rings (SSSR count). The molecule has 142 valence electrons. The number of hydrogen-bond donors (Lipinski definition) is 0. The number of carbonyl (C=O) groups is 1. The molecule has 0 saturated carbocycles. The summed E-state index contributed by atoms with van der Waals surface area (Å²) in [6.45, 7) is 1.36. The Bertz CT molecular complexity index is 1190. The number of likely N-dealkylation sites (tertiary alicyclic amines) is 1. The smallest absolute Gasteiger partial charge is 0.408 e. The minimum absolute atomic E-state index is 0.00239. The first-order chi connectivity index (χ1) is 13.7. The highest BCUT2D eigenvalue weighted by Crippen LogP contribution is 2.33. The van der Waals surface area contributed by atoms with Crippen molar-refractivity contribution in [1.29, 1.82) is 0 Å². The van der Waals surface area contributed by atoms with Crippen molar-refractivity contribution in [2.45, 2.75) is 25.3 Å². The summed E-state index contributed by atoms with van der Waals surface area (Å²) in [4.78, 5) is 31.7. The van der Waals surface area contributed by atoms with Gasteiger partial charge in [-0.05, 0) is 37.1 Å². The molecule has 6 nitrogen and oxygen atoms in total. The summed E-state index contributed by atoms with van der Waals surface area (Å²) < 4.78 is 7.83. The number of hydrogen-bond acceptors (Lipinski definition) is 5. The van der Waals surface area contributed by atoms with E-state index in [9.17, 15) is 9.59 Å². The van der Waals surface area contributed by atoms with E-state index < -0.39 is 5.76 Å². The molecule has 1 fully saturated rings. The molecule has 0 radical (unpaired) electrons. The Balaban J connectivity index is 1.36. The van der Waals surface area contributed by atoms with Gasteiger partial charge in [-0.2, -0.15) is 0 Å². The van der Waals surface area contributed by atoms with Crippen molar-refractivity contribution in [3.05, 3.63) is 64.1 Å². The van der Waals surface area contributed by atoms with Crippen LogP contribution in [0, 0.1) is 0 Å². The van der Waals surface area contributed by atoms with Crippen LogP contribution in [0.25, 0.3) is 21.3 Å². The van der Waals surface area contributed by atoms with Crippen LogP contribution in [-0.4, -0.2) is 33.4 Å². The number of thiazole rings is 1. The second kappa shape index (κ2) is 6.91. The maximum absolute atomic E-state index is 12.9. The molecule has 0 bridgehead atoms. The van der Waals surface area contributed by atoms with Gasteiger partial charge in [0.05, 0.1) is 20.7 Å². The molecular weight excluding hydrogens is 374 g/mol. The maximum Gasteiger partial charge on any atom is 0.420 e. The molecule has 0 N–H and O–H groups in total. The molecule has 2 aromatic heterocycles. The van der Waals surface area contributed by atoms with Gasteiger partial charge in [-0.3, -0.25) is 9.36 Å². The summed E-state index contributed by atoms with van der Waals surface area (Å²) in [5.74, 6) is -0.304. The van der Waals surface area contributed by atoms with Crippen LogP contribution >= 0.6 is 11.3 Å². The zero-order valence-electron chi connectivity index (χ0n) is 15.2. The van der Waals surface area contributed by atoms with Gasteiger partial charge in [0.2, 0.25) is 5.91 Å². The van der Waals surface area contributed by atoms with Gasteiger partial charge in [-0.15, -0.1) is 11.3 Å². The SMILES string of the molecule is O=C(Cn1c(=O)oc2ccccc21)N1CCCC(c2nc3ccccc3s2)C1. The first-order valence-electron chi connectivity index (χ1n) is 9.40. The average molecular weight is 393 g/mol. The molecule has 1 aliphatic heterocycles. The molecule has 1 aliphatic rings. The van der Waals surface area contributed by atoms with Crippen molar-refractivity contribution >= 4 is 38.6 Å². The zero-order chi connectivity index (χ0) is 19.1. The third kappa shape index (κ3) is 3.01. The molecule has 1 amide bonds. The Hall–Kier alpha value is -2.93. The van der Waals surface area contributed by atoms with Crippen LogP contribution in [0.1, 0.15) is 23.8 Å². The fourth-order valence-corrected chi connectivity index (χ4v) is 4.96. The van der Waals surface area contributed by atoms with Crippen LogP contribution in [0.4, 0.5) is 0 Å². The van der Waals surface area contributed by atoms with Gasteiger partial charge in [-0.25, -0.2) is 9.78 Å². The Kier molecular flexibility index (Phi) is 4.24. The summed E-state index contributed by atoms with van der Waals surface area (Å²) in [5.41, 5.74) is 2.18. The highest BCUT2D eigenvalue weighted by molar-refractivity contribution is 7.18. The van der Waals surface area contributed by atoms with Gasteiger partial charge >= 0.3 is 5.76 Å². The molecule has 28 heavy (non-hydrogen) atoms. The van der Waals surface area contributed by atoms with E-state index in [2.05, 4.69) is 6.07 Å². The van der Waals surface area contributed by atoms with Crippen LogP contribution in [-0.2, 0) is 11.3 Å². The van der Waals surface area contributed by atoms with E-state index in [0.717, 1.165) is 23.4 Å². The number of amides is 1. The molecule has 1 saturated heterocycles. The third-order valence-corrected chi connectivity index (χ3v) is 6.50. The van der Waals surface area contributed by atoms with Gasteiger partial charge in [-0.1, -0.05) is 24.3 Å². The summed E-state index contributed by atoms with van der Waals surface area (Å²) in [5, 5.41) is 1.09. The van der Waals surface area contributed by atoms with Crippen molar-refractivity contribution < 1.29 is 9.21 Å². The lowest BCUT2D eigenvalue weighted by atomic mass is 9.98. The number of para-hydroxylation sites is 3. The molecule has 1 unspecified atom stereocenters. The van der Waals surface area contributed by atoms with E-state index >= 15 is 0 Å². The Morgan fingerprint density at radius 1 is 1.18 bits per heavy atom. The topological polar surface area (TPSA) is 68.3 Å². The number of piperidine rings is 1. The fraction of sp³-hybridized carbons (Fsp3) is 0.286. The van der Waals surface area contributed by atoms with Crippen molar-refractivity contribution in [2.75, 3.05) is 13.1 Å². The van der Waals surface area contributed by atoms with Crippen LogP contribution in [0.15, 0.2) is 57.7 Å². The minimum Gasteiger partial charge on any atom is -0.408 e. The number of carbonyl (C=O) groups excluding carboxylic acids is 1. The van der Waals surface area contributed by atoms with Gasteiger partial charge in [0.1, 0.15) is 6.54 Å². The van der Waals surface area contributed by atoms with Gasteiger partial charge in [0, 0.05) is 19.0 Å². The molecule has 4 aromatic rings. The van der Waals surface area contributed by atoms with Crippen molar-refractivity contribution in [3.63, 3.8) is 0 Å². The van der Waals surface area contributed by atoms with Crippen molar-refractivity contribution in [1.82, 2.24) is 14.5 Å². The predicted molar refractivity (Wildman–Crippen MR) is 109 cm³/mol. The number of rotatable bonds is 3. The molecule has 3 heterocycles. The Labute approximate surface area is 165 Å². The first-order valence-corrected chi connectivity index (χ1v) is 10.2. The second-order valence-corrected chi connectivity index (χ2v) is 8.18. The first kappa shape index (κ1) is 17.2. The molecule has 2 aromatic carbocycles. The Morgan fingerprint density at radius 2 is 2.00 bits per heavy atom. The molecule has 7 heteroatoms. The van der Waals surface area contributed by atoms with E-state index in [1.807, 2.05) is 35.2 Å². The lowest BCUT2D eigenvalue weighted by Crippen LogP contribution is -2.41. The molecular formula is C21H19N3O3S. The van der Waals surface area contributed by atoms with Gasteiger partial charge in [0.25, 0.3) is 0 Å². The number of aromatic nitrogens is 2. The van der Waals surface area contributed by atoms with E-state index in [1.165, 1.54) is 9.27 Å². The highest BCUT2D eigenvalue weighted by atomic mass is 32.1. The van der Waals surface area contributed by atoms with Gasteiger partial charge in [0.15, 0.2) is 5.58 Å². The van der Waals surface area contributed by atoms with E-state index in [1.54, 1.807) is 23.5 Å². The minimum atomic E-state index is -0.491. The largest absolute Gasteiger partial charge is 0.420 e. The summed E-state index contributed by atoms with van der Waals surface area (Å²) in [6, 6.07) is 15.3. The Morgan fingerprint density at radius 3 is 2.89 bits per heavy atom. The number of oxazole rings is 1. The fourth-order valence-electron chi connectivity index (χ4n) is 3.87. The van der Waals surface area contributed by atoms with Crippen LogP contribution in [0.3, 0.4) is 0 Å². The van der Waals surface area contributed by atoms with E-state index in [0.29, 0.717) is 24.2 Å². The van der Waals surface area contributed by atoms with Crippen LogP contribution in [0.2, 0.25) is 0 Å². The molecule has 0 aliphatic carbocycles. The summed E-state index contributed by atoms with van der Waals surface area (Å²) in [7, 11) is 0. The van der Waals surface area contributed by atoms with E-state index in [4.69, 9.17) is 9.40 Å². The zero-order valence-corrected chi connectivity index (χ0v) is 16.0.